The first-order valence-electron chi connectivity index (χ1n) is 11.2. The van der Waals surface area contributed by atoms with Crippen molar-refractivity contribution in [3.63, 3.8) is 0 Å². The van der Waals surface area contributed by atoms with E-state index in [1.807, 2.05) is 12.1 Å². The second kappa shape index (κ2) is 9.77. The molecule has 2 aromatic rings. The third kappa shape index (κ3) is 5.24. The predicted molar refractivity (Wildman–Crippen MR) is 123 cm³/mol. The standard InChI is InChI=1S/C26H32N2O3/c1-19-15-27(18-24-5-3-4-6-25(24)22-11-13-31-14-12-22)16-20(2)28(19)17-21-7-9-23(10-8-21)26(29)30/h3-11,19-20H,12-18H2,1-2H3,(H,29,30)/t19-,20+. The third-order valence-corrected chi connectivity index (χ3v) is 6.46. The summed E-state index contributed by atoms with van der Waals surface area (Å²) in [6.07, 6.45) is 3.21. The average Bonchev–Trinajstić information content (AvgIpc) is 2.77. The van der Waals surface area contributed by atoms with Gasteiger partial charge in [-0.2, -0.15) is 0 Å². The van der Waals surface area contributed by atoms with Crippen LogP contribution in [-0.2, 0) is 17.8 Å². The number of hydrogen-bond donors (Lipinski definition) is 1. The highest BCUT2D eigenvalue weighted by molar-refractivity contribution is 5.87. The number of benzene rings is 2. The van der Waals surface area contributed by atoms with Gasteiger partial charge in [0.2, 0.25) is 0 Å². The number of rotatable bonds is 6. The molecule has 1 saturated heterocycles. The number of aromatic carboxylic acids is 1. The molecule has 2 atom stereocenters. The molecule has 1 N–H and O–H groups in total. The highest BCUT2D eigenvalue weighted by atomic mass is 16.5. The van der Waals surface area contributed by atoms with Crippen LogP contribution in [0.5, 0.6) is 0 Å². The van der Waals surface area contributed by atoms with Crippen LogP contribution < -0.4 is 0 Å². The Morgan fingerprint density at radius 2 is 1.74 bits per heavy atom. The summed E-state index contributed by atoms with van der Waals surface area (Å²) in [6.45, 7) is 9.96. The molecule has 0 saturated carbocycles. The first-order chi connectivity index (χ1) is 15.0. The number of carboxylic acid groups (broad SMARTS) is 1. The monoisotopic (exact) mass is 420 g/mol. The Kier molecular flexibility index (Phi) is 6.86. The van der Waals surface area contributed by atoms with Crippen LogP contribution in [0.25, 0.3) is 5.57 Å². The molecule has 1 fully saturated rings. The SMILES string of the molecule is C[C@@H]1CN(Cc2ccccc2C2=CCOCC2)C[C@H](C)N1Cc1ccc(C(=O)O)cc1. The smallest absolute Gasteiger partial charge is 0.335 e. The lowest BCUT2D eigenvalue weighted by Crippen LogP contribution is -2.55. The summed E-state index contributed by atoms with van der Waals surface area (Å²) >= 11 is 0. The van der Waals surface area contributed by atoms with Gasteiger partial charge in [0.05, 0.1) is 18.8 Å². The third-order valence-electron chi connectivity index (χ3n) is 6.46. The Balaban J connectivity index is 1.42. The van der Waals surface area contributed by atoms with E-state index in [1.54, 1.807) is 12.1 Å². The number of carbonyl (C=O) groups is 1. The summed E-state index contributed by atoms with van der Waals surface area (Å²) in [7, 11) is 0. The second-order valence-electron chi connectivity index (χ2n) is 8.78. The van der Waals surface area contributed by atoms with E-state index in [1.165, 1.54) is 16.7 Å². The summed E-state index contributed by atoms with van der Waals surface area (Å²) in [5.41, 5.74) is 5.67. The fourth-order valence-electron chi connectivity index (χ4n) is 4.85. The number of nitrogens with zero attached hydrogens (tertiary/aromatic N) is 2. The van der Waals surface area contributed by atoms with Crippen molar-refractivity contribution in [3.8, 4) is 0 Å². The summed E-state index contributed by atoms with van der Waals surface area (Å²) in [6, 6.07) is 16.9. The van der Waals surface area contributed by atoms with Gasteiger partial charge in [-0.05, 0) is 54.7 Å². The van der Waals surface area contributed by atoms with Crippen molar-refractivity contribution in [3.05, 3.63) is 76.9 Å². The van der Waals surface area contributed by atoms with Crippen LogP contribution in [0, 0.1) is 0 Å². The maximum absolute atomic E-state index is 11.1. The second-order valence-corrected chi connectivity index (χ2v) is 8.78. The highest BCUT2D eigenvalue weighted by Crippen LogP contribution is 2.27. The first-order valence-corrected chi connectivity index (χ1v) is 11.2. The molecule has 2 aliphatic rings. The summed E-state index contributed by atoms with van der Waals surface area (Å²) in [5.74, 6) is -0.876. The largest absolute Gasteiger partial charge is 0.478 e. The Labute approximate surface area is 184 Å². The van der Waals surface area contributed by atoms with E-state index in [-0.39, 0.29) is 0 Å². The Bertz CT molecular complexity index is 926. The van der Waals surface area contributed by atoms with Gasteiger partial charge in [-0.15, -0.1) is 0 Å². The molecule has 0 aliphatic carbocycles. The van der Waals surface area contributed by atoms with E-state index in [9.17, 15) is 4.79 Å². The molecule has 0 unspecified atom stereocenters. The van der Waals surface area contributed by atoms with Crippen LogP contribution in [0.3, 0.4) is 0 Å². The zero-order valence-electron chi connectivity index (χ0n) is 18.5. The van der Waals surface area contributed by atoms with Crippen molar-refractivity contribution >= 4 is 11.5 Å². The van der Waals surface area contributed by atoms with Gasteiger partial charge in [0.15, 0.2) is 0 Å². The van der Waals surface area contributed by atoms with Gasteiger partial charge in [-0.3, -0.25) is 9.80 Å². The predicted octanol–water partition coefficient (Wildman–Crippen LogP) is 4.28. The van der Waals surface area contributed by atoms with Crippen LogP contribution in [0.15, 0.2) is 54.6 Å². The summed E-state index contributed by atoms with van der Waals surface area (Å²) in [5, 5.41) is 9.11. The minimum atomic E-state index is -0.876. The number of hydrogen-bond acceptors (Lipinski definition) is 4. The van der Waals surface area contributed by atoms with Gasteiger partial charge in [0, 0.05) is 38.3 Å². The molecule has 0 aromatic heterocycles. The molecule has 4 rings (SSSR count). The topological polar surface area (TPSA) is 53.0 Å². The van der Waals surface area contributed by atoms with Crippen LogP contribution >= 0.6 is 0 Å². The normalized spacial score (nSPS) is 22.8. The van der Waals surface area contributed by atoms with Crippen LogP contribution in [0.2, 0.25) is 0 Å². The number of carboxylic acids is 1. The lowest BCUT2D eigenvalue weighted by Gasteiger charge is -2.44. The molecule has 2 aromatic carbocycles. The molecule has 2 aliphatic heterocycles. The van der Waals surface area contributed by atoms with Crippen molar-refractivity contribution in [2.45, 2.75) is 45.4 Å². The molecule has 5 nitrogen and oxygen atoms in total. The summed E-state index contributed by atoms with van der Waals surface area (Å²) in [4.78, 5) is 16.2. The maximum atomic E-state index is 11.1. The van der Waals surface area contributed by atoms with E-state index >= 15 is 0 Å². The van der Waals surface area contributed by atoms with Crippen molar-refractivity contribution in [1.29, 1.82) is 0 Å². The van der Waals surface area contributed by atoms with Gasteiger partial charge in [0.1, 0.15) is 0 Å². The fourth-order valence-corrected chi connectivity index (χ4v) is 4.85. The molecule has 0 bridgehead atoms. The average molecular weight is 421 g/mol. The Hall–Kier alpha value is -2.47. The van der Waals surface area contributed by atoms with Crippen molar-refractivity contribution < 1.29 is 14.6 Å². The first kappa shape index (κ1) is 21.8. The summed E-state index contributed by atoms with van der Waals surface area (Å²) < 4.78 is 5.50. The molecule has 0 spiro atoms. The van der Waals surface area contributed by atoms with Crippen molar-refractivity contribution in [2.24, 2.45) is 0 Å². The zero-order chi connectivity index (χ0) is 21.8. The van der Waals surface area contributed by atoms with Gasteiger partial charge in [0.25, 0.3) is 0 Å². The van der Waals surface area contributed by atoms with Gasteiger partial charge < -0.3 is 9.84 Å². The lowest BCUT2D eigenvalue weighted by molar-refractivity contribution is 0.0290. The van der Waals surface area contributed by atoms with E-state index in [0.717, 1.165) is 44.8 Å². The number of ether oxygens (including phenoxy) is 1. The van der Waals surface area contributed by atoms with Crippen LogP contribution in [-0.4, -0.2) is 59.3 Å². The van der Waals surface area contributed by atoms with Gasteiger partial charge in [-0.25, -0.2) is 4.79 Å². The van der Waals surface area contributed by atoms with Crippen LogP contribution in [0.4, 0.5) is 0 Å². The highest BCUT2D eigenvalue weighted by Gasteiger charge is 2.29. The fraction of sp³-hybridized carbons (Fsp3) is 0.423. The Morgan fingerprint density at radius 1 is 1.03 bits per heavy atom. The van der Waals surface area contributed by atoms with Crippen molar-refractivity contribution in [2.75, 3.05) is 26.3 Å². The number of piperazine rings is 1. The molecule has 2 heterocycles. The molecule has 31 heavy (non-hydrogen) atoms. The molecule has 164 valence electrons. The van der Waals surface area contributed by atoms with E-state index < -0.39 is 5.97 Å². The van der Waals surface area contributed by atoms with E-state index in [0.29, 0.717) is 24.3 Å². The van der Waals surface area contributed by atoms with E-state index in [4.69, 9.17) is 9.84 Å². The zero-order valence-corrected chi connectivity index (χ0v) is 18.5. The molecular weight excluding hydrogens is 388 g/mol. The molecule has 0 radical (unpaired) electrons. The Morgan fingerprint density at radius 3 is 2.39 bits per heavy atom. The molecule has 0 amide bonds. The van der Waals surface area contributed by atoms with E-state index in [2.05, 4.69) is 54.0 Å². The minimum Gasteiger partial charge on any atom is -0.478 e. The lowest BCUT2D eigenvalue weighted by atomic mass is 9.95. The maximum Gasteiger partial charge on any atom is 0.335 e. The van der Waals surface area contributed by atoms with Gasteiger partial charge >= 0.3 is 5.97 Å². The van der Waals surface area contributed by atoms with Gasteiger partial charge in [-0.1, -0.05) is 42.5 Å². The van der Waals surface area contributed by atoms with Crippen molar-refractivity contribution in [1.82, 2.24) is 9.80 Å². The molecule has 5 heteroatoms. The quantitative estimate of drug-likeness (QED) is 0.756. The van der Waals surface area contributed by atoms with Crippen LogP contribution in [0.1, 0.15) is 47.3 Å². The molecular formula is C26H32N2O3. The minimum absolute atomic E-state index is 0.341.